The van der Waals surface area contributed by atoms with Crippen molar-refractivity contribution in [2.75, 3.05) is 10.2 Å². The molecule has 7 heteroatoms. The number of benzene rings is 2. The number of nitrogens with one attached hydrogen (secondary N) is 1. The molecule has 2 aromatic rings. The zero-order valence-electron chi connectivity index (χ0n) is 15.7. The van der Waals surface area contributed by atoms with Crippen LogP contribution in [0.2, 0.25) is 0 Å². The van der Waals surface area contributed by atoms with Crippen molar-refractivity contribution in [3.05, 3.63) is 70.4 Å². The van der Waals surface area contributed by atoms with Crippen molar-refractivity contribution in [2.45, 2.75) is 26.9 Å². The highest BCUT2D eigenvalue weighted by molar-refractivity contribution is 6.53. The molecule has 28 heavy (non-hydrogen) atoms. The summed E-state index contributed by atoms with van der Waals surface area (Å²) in [5.41, 5.74) is 2.16. The third-order valence-electron chi connectivity index (χ3n) is 4.12. The van der Waals surface area contributed by atoms with E-state index < -0.39 is 17.8 Å². The van der Waals surface area contributed by atoms with Crippen LogP contribution in [-0.2, 0) is 14.3 Å². The predicted molar refractivity (Wildman–Crippen MR) is 107 cm³/mol. The summed E-state index contributed by atoms with van der Waals surface area (Å²) in [6, 6.07) is 13.4. The van der Waals surface area contributed by atoms with Crippen molar-refractivity contribution in [2.24, 2.45) is 0 Å². The van der Waals surface area contributed by atoms with Crippen LogP contribution < -0.4 is 10.2 Å². The molecule has 3 rings (SSSR count). The van der Waals surface area contributed by atoms with E-state index in [0.29, 0.717) is 16.9 Å². The lowest BCUT2D eigenvalue weighted by Gasteiger charge is -2.17. The Hall–Kier alpha value is -3.12. The van der Waals surface area contributed by atoms with Crippen molar-refractivity contribution >= 4 is 40.8 Å². The minimum Gasteiger partial charge on any atom is -0.459 e. The van der Waals surface area contributed by atoms with Crippen LogP contribution >= 0.6 is 11.6 Å². The molecule has 2 aromatic carbocycles. The number of halogens is 1. The zero-order chi connectivity index (χ0) is 20.4. The fraction of sp³-hybridized carbons (Fsp3) is 0.190. The molecule has 0 unspecified atom stereocenters. The third kappa shape index (κ3) is 3.77. The Bertz CT molecular complexity index is 980. The van der Waals surface area contributed by atoms with E-state index in [1.54, 1.807) is 50.2 Å². The van der Waals surface area contributed by atoms with E-state index in [-0.39, 0.29) is 16.8 Å². The summed E-state index contributed by atoms with van der Waals surface area (Å²) >= 11 is 6.14. The zero-order valence-corrected chi connectivity index (χ0v) is 16.4. The number of rotatable bonds is 5. The van der Waals surface area contributed by atoms with E-state index in [2.05, 4.69) is 5.32 Å². The Labute approximate surface area is 167 Å². The molecule has 0 fully saturated rings. The predicted octanol–water partition coefficient (Wildman–Crippen LogP) is 4.00. The largest absolute Gasteiger partial charge is 0.459 e. The molecule has 144 valence electrons. The van der Waals surface area contributed by atoms with Crippen molar-refractivity contribution in [3.8, 4) is 0 Å². The maximum absolute atomic E-state index is 12.8. The first-order chi connectivity index (χ1) is 13.3. The molecule has 0 aliphatic carbocycles. The number of carbonyl (C=O) groups is 3. The third-order valence-corrected chi connectivity index (χ3v) is 4.47. The van der Waals surface area contributed by atoms with Gasteiger partial charge in [0.2, 0.25) is 0 Å². The van der Waals surface area contributed by atoms with Crippen LogP contribution in [0, 0.1) is 6.92 Å². The van der Waals surface area contributed by atoms with Crippen LogP contribution in [0.5, 0.6) is 0 Å². The fourth-order valence-corrected chi connectivity index (χ4v) is 2.97. The van der Waals surface area contributed by atoms with Gasteiger partial charge in [0, 0.05) is 5.69 Å². The second-order valence-corrected chi connectivity index (χ2v) is 6.96. The highest BCUT2D eigenvalue weighted by Gasteiger charge is 2.39. The van der Waals surface area contributed by atoms with Crippen LogP contribution in [0.4, 0.5) is 11.4 Å². The topological polar surface area (TPSA) is 75.7 Å². The van der Waals surface area contributed by atoms with Gasteiger partial charge in [0.1, 0.15) is 10.7 Å². The van der Waals surface area contributed by atoms with E-state index in [1.807, 2.05) is 19.1 Å². The number of anilines is 2. The van der Waals surface area contributed by atoms with E-state index >= 15 is 0 Å². The van der Waals surface area contributed by atoms with Crippen LogP contribution in [0.3, 0.4) is 0 Å². The van der Waals surface area contributed by atoms with Crippen LogP contribution in [-0.4, -0.2) is 23.9 Å². The lowest BCUT2D eigenvalue weighted by Crippen LogP contribution is -2.32. The highest BCUT2D eigenvalue weighted by Crippen LogP contribution is 2.31. The van der Waals surface area contributed by atoms with Crippen LogP contribution in [0.25, 0.3) is 0 Å². The van der Waals surface area contributed by atoms with E-state index in [4.69, 9.17) is 16.3 Å². The monoisotopic (exact) mass is 398 g/mol. The van der Waals surface area contributed by atoms with E-state index in [1.165, 1.54) is 0 Å². The molecule has 1 heterocycles. The van der Waals surface area contributed by atoms with Gasteiger partial charge in [0.15, 0.2) is 0 Å². The summed E-state index contributed by atoms with van der Waals surface area (Å²) in [5.74, 6) is -1.55. The molecule has 1 N–H and O–H groups in total. The molecule has 0 saturated heterocycles. The van der Waals surface area contributed by atoms with Crippen molar-refractivity contribution in [1.82, 2.24) is 0 Å². The molecular formula is C21H19ClN2O4. The maximum atomic E-state index is 12.8. The van der Waals surface area contributed by atoms with Gasteiger partial charge in [-0.3, -0.25) is 9.59 Å². The van der Waals surface area contributed by atoms with Gasteiger partial charge < -0.3 is 10.1 Å². The second-order valence-electron chi connectivity index (χ2n) is 6.58. The van der Waals surface area contributed by atoms with Gasteiger partial charge >= 0.3 is 5.97 Å². The molecule has 0 bridgehead atoms. The van der Waals surface area contributed by atoms with Gasteiger partial charge in [-0.1, -0.05) is 29.8 Å². The molecule has 0 spiro atoms. The standard InChI is InChI=1S/C21H19ClN2O4/c1-12(2)28-21(27)14-8-10-15(11-9-14)23-18-17(22)19(25)24(20(18)26)16-7-5-4-6-13(16)3/h4-12,23H,1-3H3. The van der Waals surface area contributed by atoms with Crippen molar-refractivity contribution in [1.29, 1.82) is 0 Å². The average Bonchev–Trinajstić information content (AvgIpc) is 2.86. The smallest absolute Gasteiger partial charge is 0.338 e. The summed E-state index contributed by atoms with van der Waals surface area (Å²) in [6.45, 7) is 5.35. The molecule has 0 saturated carbocycles. The molecule has 2 amide bonds. The maximum Gasteiger partial charge on any atom is 0.338 e. The summed E-state index contributed by atoms with van der Waals surface area (Å²) in [6.07, 6.45) is -0.219. The van der Waals surface area contributed by atoms with Gasteiger partial charge in [-0.2, -0.15) is 0 Å². The number of carbonyl (C=O) groups excluding carboxylic acids is 3. The molecule has 6 nitrogen and oxygen atoms in total. The fourth-order valence-electron chi connectivity index (χ4n) is 2.76. The number of para-hydroxylation sites is 1. The molecule has 0 atom stereocenters. The summed E-state index contributed by atoms with van der Waals surface area (Å²) in [5, 5.41) is 2.70. The Morgan fingerprint density at radius 1 is 1.04 bits per heavy atom. The van der Waals surface area contributed by atoms with Crippen molar-refractivity contribution < 1.29 is 19.1 Å². The van der Waals surface area contributed by atoms with Gasteiger partial charge in [0.25, 0.3) is 11.8 Å². The number of ether oxygens (including phenoxy) is 1. The number of amides is 2. The first kappa shape index (κ1) is 19.6. The van der Waals surface area contributed by atoms with Crippen LogP contribution in [0.15, 0.2) is 59.3 Å². The lowest BCUT2D eigenvalue weighted by atomic mass is 10.2. The van der Waals surface area contributed by atoms with Gasteiger partial charge in [-0.05, 0) is 56.7 Å². The number of aryl methyl sites for hydroxylation is 1. The van der Waals surface area contributed by atoms with Gasteiger partial charge in [-0.25, -0.2) is 9.69 Å². The van der Waals surface area contributed by atoms with Crippen LogP contribution in [0.1, 0.15) is 29.8 Å². The molecule has 1 aliphatic heterocycles. The lowest BCUT2D eigenvalue weighted by molar-refractivity contribution is -0.120. The van der Waals surface area contributed by atoms with Gasteiger partial charge in [-0.15, -0.1) is 0 Å². The number of hydrogen-bond acceptors (Lipinski definition) is 5. The quantitative estimate of drug-likeness (QED) is 0.608. The Kier molecular flexibility index (Phi) is 5.51. The number of esters is 1. The summed E-state index contributed by atoms with van der Waals surface area (Å²) in [4.78, 5) is 38.3. The Morgan fingerprint density at radius 2 is 1.68 bits per heavy atom. The first-order valence-electron chi connectivity index (χ1n) is 8.72. The normalized spacial score (nSPS) is 14.1. The molecule has 0 radical (unpaired) electrons. The molecule has 1 aliphatic rings. The minimum atomic E-state index is -0.583. The average molecular weight is 399 g/mol. The number of nitrogens with zero attached hydrogens (tertiary/aromatic N) is 1. The van der Waals surface area contributed by atoms with E-state index in [0.717, 1.165) is 10.5 Å². The number of imide groups is 1. The second kappa shape index (κ2) is 7.86. The molecule has 0 aromatic heterocycles. The number of hydrogen-bond donors (Lipinski definition) is 1. The van der Waals surface area contributed by atoms with E-state index in [9.17, 15) is 14.4 Å². The SMILES string of the molecule is Cc1ccccc1N1C(=O)C(Cl)=C(Nc2ccc(C(=O)OC(C)C)cc2)C1=O. The molecular weight excluding hydrogens is 380 g/mol. The Morgan fingerprint density at radius 3 is 2.29 bits per heavy atom. The van der Waals surface area contributed by atoms with Gasteiger partial charge in [0.05, 0.1) is 17.4 Å². The minimum absolute atomic E-state index is 0.00701. The van der Waals surface area contributed by atoms with Crippen molar-refractivity contribution in [3.63, 3.8) is 0 Å². The summed E-state index contributed by atoms with van der Waals surface area (Å²) < 4.78 is 5.14. The Balaban J connectivity index is 1.81. The first-order valence-corrected chi connectivity index (χ1v) is 9.09. The highest BCUT2D eigenvalue weighted by atomic mass is 35.5. The summed E-state index contributed by atoms with van der Waals surface area (Å²) in [7, 11) is 0.